The molecule has 0 aromatic carbocycles. The first-order valence-corrected chi connectivity index (χ1v) is 31.5. The first kappa shape index (κ1) is 79.1. The molecule has 0 aliphatic carbocycles. The van der Waals surface area contributed by atoms with E-state index < -0.39 is 211 Å². The number of allylic oxidation sites excluding steroid dienone is 1. The molecule has 3 fully saturated rings. The van der Waals surface area contributed by atoms with E-state index >= 15 is 4.79 Å². The fraction of sp³-hybridized carbons (Fsp3) is 0.683. The van der Waals surface area contributed by atoms with Gasteiger partial charge in [0.25, 0.3) is 0 Å². The normalized spacial score (nSPS) is 25.0. The van der Waals surface area contributed by atoms with Crippen molar-refractivity contribution in [2.75, 3.05) is 19.6 Å². The first-order chi connectivity index (χ1) is 44.1. The number of fused-ring (bicyclic) bond motifs is 2. The number of nitrogens with one attached hydrogen (secondary N) is 10. The molecule has 13 amide bonds. The van der Waals surface area contributed by atoms with Crippen molar-refractivity contribution < 1.29 is 102 Å². The Balaban J connectivity index is 2.17. The van der Waals surface area contributed by atoms with Crippen LogP contribution in [0.5, 0.6) is 0 Å². The van der Waals surface area contributed by atoms with Crippen molar-refractivity contribution in [3.63, 3.8) is 0 Å². The van der Waals surface area contributed by atoms with Gasteiger partial charge < -0.3 is 83.8 Å². The minimum absolute atomic E-state index is 0.000251. The van der Waals surface area contributed by atoms with Gasteiger partial charge in [-0.15, -0.1) is 0 Å². The van der Waals surface area contributed by atoms with Crippen LogP contribution in [0.1, 0.15) is 158 Å². The second-order valence-electron chi connectivity index (χ2n) is 24.6. The van der Waals surface area contributed by atoms with Crippen molar-refractivity contribution >= 4 is 101 Å². The summed E-state index contributed by atoms with van der Waals surface area (Å²) in [5, 5.41) is 61.6. The molecule has 0 aromatic heterocycles. The Labute approximate surface area is 543 Å². The Hall–Kier alpha value is -9.11. The molecule has 3 aliphatic heterocycles. The van der Waals surface area contributed by atoms with E-state index in [1.807, 2.05) is 16.0 Å². The third kappa shape index (κ3) is 26.1. The second kappa shape index (κ2) is 38.8. The molecule has 12 unspecified atom stereocenters. The Bertz CT molecular complexity index is 2830. The zero-order valence-electron chi connectivity index (χ0n) is 54.1. The summed E-state index contributed by atoms with van der Waals surface area (Å²) in [6, 6.07) is -19.0. The van der Waals surface area contributed by atoms with Crippen LogP contribution >= 0.6 is 0 Å². The largest absolute Gasteiger partial charge is 0.481 e. The molecule has 3 saturated heterocycles. The zero-order chi connectivity index (χ0) is 70.7. The van der Waals surface area contributed by atoms with Crippen LogP contribution < -0.4 is 58.9 Å². The quantitative estimate of drug-likeness (QED) is 0.0209. The van der Waals surface area contributed by atoms with Gasteiger partial charge in [0.2, 0.25) is 76.8 Å². The monoisotopic (exact) mass is 1330 g/mol. The third-order valence-electron chi connectivity index (χ3n) is 15.9. The smallest absolute Gasteiger partial charge is 0.308 e. The molecule has 0 saturated carbocycles. The third-order valence-corrected chi connectivity index (χ3v) is 15.9. The molecule has 524 valence electrons. The predicted octanol–water partition coefficient (Wildman–Crippen LogP) is -3.10. The van der Waals surface area contributed by atoms with Crippen LogP contribution in [0.3, 0.4) is 0 Å². The first-order valence-electron chi connectivity index (χ1n) is 31.5. The molecule has 94 heavy (non-hydrogen) atoms. The number of carboxylic acid groups (broad SMARTS) is 4. The summed E-state index contributed by atoms with van der Waals surface area (Å²) in [4.78, 5) is 231. The molecule has 3 rings (SSSR count). The molecule has 3 aliphatic rings. The van der Waals surface area contributed by atoms with Crippen molar-refractivity contribution in [3.8, 4) is 0 Å². The molecule has 16 N–H and O–H groups in total. The highest BCUT2D eigenvalue weighted by atomic mass is 16.4. The maximum absolute atomic E-state index is 15.2. The summed E-state index contributed by atoms with van der Waals surface area (Å²) in [5.41, 5.74) is 6.09. The van der Waals surface area contributed by atoms with Crippen molar-refractivity contribution in [2.24, 2.45) is 23.5 Å². The standard InChI is InChI=1S/C60H93N13O21/c1-30(2)19-14-12-10-8-9-11-13-15-22-40(74)64-37(27-46(82)83)53(86)71-50-34(7)63-54(87)39-21-18-24-73(39)58(91)47(31(3)4)69-57(90)49(33(6)61)67-41(75)28-42(76)68-52(85)36(26-45(80)81)65-43(77)29-62-51(84)35(25-44(78)79)66-56(89)48(32(5)60(93)94)70-55(88)38-20-16-17-23-72(38)59(50)92/h13,15,30-39,47-50H,8-12,14,16-29,61H2,1-7H3,(H,62,84)(H,63,87)(H,64,74)(H,65,77)(H,66,89)(H,67,75)(H,69,90)(H,70,88)(H,71,86)(H,78,79)(H,80,81)(H,82,83)(H,93,94)(H,68,76,85). The van der Waals surface area contributed by atoms with Crippen LogP contribution in [0.4, 0.5) is 0 Å². The number of nitrogens with two attached hydrogens (primary N) is 1. The molecule has 0 radical (unpaired) electrons. The van der Waals surface area contributed by atoms with Gasteiger partial charge >= 0.3 is 23.9 Å². The van der Waals surface area contributed by atoms with Gasteiger partial charge in [0, 0.05) is 25.6 Å². The van der Waals surface area contributed by atoms with Crippen molar-refractivity contribution in [3.05, 3.63) is 12.2 Å². The number of imide groups is 1. The number of nitrogens with zero attached hydrogens (tertiary/aromatic N) is 2. The molecule has 0 aromatic rings. The topological polar surface area (TPSA) is 524 Å². The Kier molecular flexibility index (Phi) is 32.7. The van der Waals surface area contributed by atoms with Gasteiger partial charge in [-0.25, -0.2) is 0 Å². The molecule has 3 heterocycles. The van der Waals surface area contributed by atoms with E-state index in [4.69, 9.17) is 5.73 Å². The fourth-order valence-corrected chi connectivity index (χ4v) is 10.7. The number of aliphatic carboxylic acids is 4. The van der Waals surface area contributed by atoms with Gasteiger partial charge in [-0.1, -0.05) is 72.0 Å². The molecular formula is C60H93N13O21. The number of carbonyl (C=O) groups excluding carboxylic acids is 13. The number of carboxylic acids is 4. The number of piperidine rings is 1. The van der Waals surface area contributed by atoms with Crippen molar-refractivity contribution in [1.29, 1.82) is 0 Å². The van der Waals surface area contributed by atoms with Crippen LogP contribution in [0.2, 0.25) is 0 Å². The molecule has 34 heteroatoms. The maximum atomic E-state index is 15.2. The predicted molar refractivity (Wildman–Crippen MR) is 329 cm³/mol. The summed E-state index contributed by atoms with van der Waals surface area (Å²) in [5.74, 6) is -24.1. The Morgan fingerprint density at radius 2 is 1.15 bits per heavy atom. The van der Waals surface area contributed by atoms with Crippen LogP contribution in [0.15, 0.2) is 12.2 Å². The lowest BCUT2D eigenvalue weighted by Crippen LogP contribution is -2.66. The summed E-state index contributed by atoms with van der Waals surface area (Å²) in [6.45, 7) is 9.42. The SMILES string of the molecule is CC(C)CCCCCCCC=CCC(=O)NC(CC(=O)O)C(=O)NC1C(=O)N2CCCCC2C(=O)NC(C(C)C(=O)O)C(=O)NC(CC(=O)O)C(=O)NCC(=O)NC(CC(=O)O)C(=O)NC(=O)CC(=O)NC(C(C)N)C(=O)NC(C(C)C)C(=O)N2CCCC2C(=O)NC1C. The Morgan fingerprint density at radius 3 is 1.74 bits per heavy atom. The maximum Gasteiger partial charge on any atom is 0.308 e. The van der Waals surface area contributed by atoms with E-state index in [-0.39, 0.29) is 51.6 Å². The number of unbranched alkanes of at least 4 members (excludes halogenated alkanes) is 5. The number of carbonyl (C=O) groups is 17. The molecule has 12 atom stereocenters. The van der Waals surface area contributed by atoms with Crippen LogP contribution in [-0.2, 0) is 81.5 Å². The van der Waals surface area contributed by atoms with Gasteiger partial charge in [-0.3, -0.25) is 86.8 Å². The van der Waals surface area contributed by atoms with E-state index in [2.05, 4.69) is 45.7 Å². The average Bonchev–Trinajstić information content (AvgIpc) is 1.25. The highest BCUT2D eigenvalue weighted by molar-refractivity contribution is 6.08. The van der Waals surface area contributed by atoms with Crippen molar-refractivity contribution in [1.82, 2.24) is 63.0 Å². The fourth-order valence-electron chi connectivity index (χ4n) is 10.7. The van der Waals surface area contributed by atoms with E-state index in [1.54, 1.807) is 31.3 Å². The van der Waals surface area contributed by atoms with Gasteiger partial charge in [-0.2, -0.15) is 0 Å². The van der Waals surface area contributed by atoms with E-state index in [1.165, 1.54) is 13.8 Å². The Morgan fingerprint density at radius 1 is 0.585 bits per heavy atom. The summed E-state index contributed by atoms with van der Waals surface area (Å²) < 4.78 is 0. The summed E-state index contributed by atoms with van der Waals surface area (Å²) in [7, 11) is 0. The second-order valence-corrected chi connectivity index (χ2v) is 24.6. The van der Waals surface area contributed by atoms with Gasteiger partial charge in [-0.05, 0) is 77.6 Å². The minimum atomic E-state index is -2.17. The summed E-state index contributed by atoms with van der Waals surface area (Å²) >= 11 is 0. The molecule has 0 bridgehead atoms. The van der Waals surface area contributed by atoms with E-state index in [9.17, 15) is 97.1 Å². The highest BCUT2D eigenvalue weighted by Gasteiger charge is 2.45. The molecule has 0 spiro atoms. The van der Waals surface area contributed by atoms with Crippen LogP contribution in [-0.4, -0.2) is 217 Å². The molecule has 34 nitrogen and oxygen atoms in total. The zero-order valence-corrected chi connectivity index (χ0v) is 54.1. The van der Waals surface area contributed by atoms with Gasteiger partial charge in [0.1, 0.15) is 60.8 Å². The lowest BCUT2D eigenvalue weighted by Gasteiger charge is -2.39. The van der Waals surface area contributed by atoms with Gasteiger partial charge in [0.15, 0.2) is 0 Å². The van der Waals surface area contributed by atoms with E-state index in [0.717, 1.165) is 55.2 Å². The lowest BCUT2D eigenvalue weighted by molar-refractivity contribution is -0.150. The number of hydrogen-bond donors (Lipinski definition) is 15. The van der Waals surface area contributed by atoms with E-state index in [0.29, 0.717) is 12.3 Å². The highest BCUT2D eigenvalue weighted by Crippen LogP contribution is 2.24. The van der Waals surface area contributed by atoms with Crippen LogP contribution in [0.25, 0.3) is 0 Å². The van der Waals surface area contributed by atoms with Crippen LogP contribution in [0, 0.1) is 17.8 Å². The number of amides is 13. The minimum Gasteiger partial charge on any atom is -0.481 e. The summed E-state index contributed by atoms with van der Waals surface area (Å²) in [6.07, 6.45) is 5.69. The van der Waals surface area contributed by atoms with Gasteiger partial charge in [0.05, 0.1) is 37.8 Å². The lowest BCUT2D eigenvalue weighted by atomic mass is 9.96. The number of hydrogen-bond acceptors (Lipinski definition) is 18. The van der Waals surface area contributed by atoms with Crippen molar-refractivity contribution in [2.45, 2.75) is 224 Å². The number of rotatable bonds is 23. The average molecular weight is 1330 g/mol. The molecular weight excluding hydrogens is 1240 g/mol.